The Morgan fingerprint density at radius 2 is 1.84 bits per heavy atom. The summed E-state index contributed by atoms with van der Waals surface area (Å²) in [7, 11) is 0. The van der Waals surface area contributed by atoms with Crippen LogP contribution in [0.15, 0.2) is 5.16 Å². The Kier molecular flexibility index (Phi) is 5.20. The number of nitrogens with two attached hydrogens (primary N) is 1. The van der Waals surface area contributed by atoms with Crippen LogP contribution in [0.1, 0.15) is 65.7 Å². The fourth-order valence-electron chi connectivity index (χ4n) is 3.09. The van der Waals surface area contributed by atoms with E-state index in [0.29, 0.717) is 12.8 Å². The maximum absolute atomic E-state index is 12.6. The van der Waals surface area contributed by atoms with Gasteiger partial charge >= 0.3 is 0 Å². The van der Waals surface area contributed by atoms with Crippen molar-refractivity contribution in [2.24, 2.45) is 16.3 Å². The van der Waals surface area contributed by atoms with Gasteiger partial charge < -0.3 is 16.3 Å². The van der Waals surface area contributed by atoms with Crippen molar-refractivity contribution >= 4 is 11.7 Å². The van der Waals surface area contributed by atoms with E-state index in [2.05, 4.69) is 17.4 Å². The molecule has 1 aliphatic rings. The Hall–Kier alpha value is -1.26. The topological polar surface area (TPSA) is 87.7 Å². The van der Waals surface area contributed by atoms with Gasteiger partial charge in [0.2, 0.25) is 5.91 Å². The van der Waals surface area contributed by atoms with E-state index < -0.39 is 5.54 Å². The van der Waals surface area contributed by atoms with Crippen molar-refractivity contribution in [1.82, 2.24) is 5.32 Å². The standard InChI is InChI=1S/C14H27N3O2/c1-4-13(9-7-8-10-13)12(18)16-14(5-2,6-3)11(15)17-19/h19H,4-10H2,1-3H3,(H2,15,17)(H,16,18). The van der Waals surface area contributed by atoms with Crippen LogP contribution in [0.25, 0.3) is 0 Å². The molecule has 1 amide bonds. The molecule has 0 heterocycles. The Morgan fingerprint density at radius 3 is 2.21 bits per heavy atom. The van der Waals surface area contributed by atoms with Gasteiger partial charge in [0.15, 0.2) is 5.84 Å². The normalized spacial score (nSPS) is 19.4. The molecule has 0 aliphatic heterocycles. The first-order valence-electron chi connectivity index (χ1n) is 7.31. The Bertz CT molecular complexity index is 343. The van der Waals surface area contributed by atoms with E-state index in [4.69, 9.17) is 10.9 Å². The summed E-state index contributed by atoms with van der Waals surface area (Å²) in [5.41, 5.74) is 4.81. The monoisotopic (exact) mass is 269 g/mol. The molecule has 0 saturated heterocycles. The van der Waals surface area contributed by atoms with Gasteiger partial charge in [-0.3, -0.25) is 4.79 Å². The van der Waals surface area contributed by atoms with Gasteiger partial charge in [-0.1, -0.05) is 38.8 Å². The third-order valence-corrected chi connectivity index (χ3v) is 4.88. The summed E-state index contributed by atoms with van der Waals surface area (Å²) in [6, 6.07) is 0. The molecule has 5 heteroatoms. The van der Waals surface area contributed by atoms with Crippen molar-refractivity contribution in [3.63, 3.8) is 0 Å². The molecule has 0 spiro atoms. The highest BCUT2D eigenvalue weighted by molar-refractivity contribution is 5.95. The lowest BCUT2D eigenvalue weighted by atomic mass is 9.80. The molecule has 0 bridgehead atoms. The van der Waals surface area contributed by atoms with E-state index in [-0.39, 0.29) is 17.2 Å². The van der Waals surface area contributed by atoms with E-state index in [0.717, 1.165) is 32.1 Å². The number of nitrogens with zero attached hydrogens (tertiary/aromatic N) is 1. The van der Waals surface area contributed by atoms with Crippen LogP contribution < -0.4 is 11.1 Å². The Balaban J connectivity index is 2.94. The van der Waals surface area contributed by atoms with Gasteiger partial charge in [0.25, 0.3) is 0 Å². The van der Waals surface area contributed by atoms with Crippen molar-refractivity contribution in [3.8, 4) is 0 Å². The largest absolute Gasteiger partial charge is 0.409 e. The van der Waals surface area contributed by atoms with Crippen LogP contribution in [0, 0.1) is 5.41 Å². The Morgan fingerprint density at radius 1 is 1.32 bits per heavy atom. The van der Waals surface area contributed by atoms with Crippen LogP contribution in [0.2, 0.25) is 0 Å². The number of carbonyl (C=O) groups excluding carboxylic acids is 1. The maximum atomic E-state index is 12.6. The zero-order valence-electron chi connectivity index (χ0n) is 12.3. The number of amidine groups is 1. The molecule has 0 aromatic rings. The molecule has 0 radical (unpaired) electrons. The molecule has 19 heavy (non-hydrogen) atoms. The number of rotatable bonds is 6. The molecule has 1 aliphatic carbocycles. The second-order valence-electron chi connectivity index (χ2n) is 5.57. The van der Waals surface area contributed by atoms with Gasteiger partial charge in [0.05, 0.1) is 0 Å². The average Bonchev–Trinajstić information content (AvgIpc) is 2.94. The molecule has 1 fully saturated rings. The summed E-state index contributed by atoms with van der Waals surface area (Å²) in [6.45, 7) is 5.94. The first-order valence-corrected chi connectivity index (χ1v) is 7.31. The number of nitrogens with one attached hydrogen (secondary N) is 1. The average molecular weight is 269 g/mol. The number of carbonyl (C=O) groups is 1. The second kappa shape index (κ2) is 6.26. The molecule has 0 aromatic carbocycles. The first-order chi connectivity index (χ1) is 9.00. The molecule has 5 nitrogen and oxygen atoms in total. The zero-order chi connectivity index (χ0) is 14.5. The van der Waals surface area contributed by atoms with Crippen LogP contribution in [0.4, 0.5) is 0 Å². The predicted molar refractivity (Wildman–Crippen MR) is 76.1 cm³/mol. The second-order valence-corrected chi connectivity index (χ2v) is 5.57. The van der Waals surface area contributed by atoms with Gasteiger partial charge in [-0.2, -0.15) is 0 Å². The summed E-state index contributed by atoms with van der Waals surface area (Å²) in [5, 5.41) is 15.1. The lowest BCUT2D eigenvalue weighted by Crippen LogP contribution is -2.59. The first kappa shape index (κ1) is 15.8. The molecule has 0 unspecified atom stereocenters. The number of amides is 1. The molecule has 110 valence electrons. The fraction of sp³-hybridized carbons (Fsp3) is 0.857. The van der Waals surface area contributed by atoms with Crippen LogP contribution in [-0.2, 0) is 4.79 Å². The summed E-state index contributed by atoms with van der Waals surface area (Å²) >= 11 is 0. The van der Waals surface area contributed by atoms with Crippen molar-refractivity contribution < 1.29 is 10.0 Å². The lowest BCUT2D eigenvalue weighted by molar-refractivity contribution is -0.132. The lowest BCUT2D eigenvalue weighted by Gasteiger charge is -2.36. The molecular formula is C14H27N3O2. The van der Waals surface area contributed by atoms with E-state index in [1.54, 1.807) is 0 Å². The highest BCUT2D eigenvalue weighted by atomic mass is 16.4. The summed E-state index contributed by atoms with van der Waals surface area (Å²) in [6.07, 6.45) is 6.17. The predicted octanol–water partition coefficient (Wildman–Crippen LogP) is 2.38. The number of oxime groups is 1. The third kappa shape index (κ3) is 2.85. The highest BCUT2D eigenvalue weighted by Gasteiger charge is 2.43. The van der Waals surface area contributed by atoms with E-state index in [9.17, 15) is 4.79 Å². The van der Waals surface area contributed by atoms with E-state index >= 15 is 0 Å². The fourth-order valence-corrected chi connectivity index (χ4v) is 3.09. The summed E-state index contributed by atoms with van der Waals surface area (Å²) in [4.78, 5) is 12.6. The van der Waals surface area contributed by atoms with Crippen LogP contribution in [0.5, 0.6) is 0 Å². The quantitative estimate of drug-likeness (QED) is 0.299. The van der Waals surface area contributed by atoms with Crippen LogP contribution >= 0.6 is 0 Å². The molecule has 1 rings (SSSR count). The smallest absolute Gasteiger partial charge is 0.227 e. The van der Waals surface area contributed by atoms with E-state index in [1.165, 1.54) is 0 Å². The minimum absolute atomic E-state index is 0.0581. The number of hydrogen-bond donors (Lipinski definition) is 3. The summed E-state index contributed by atoms with van der Waals surface area (Å²) < 4.78 is 0. The van der Waals surface area contributed by atoms with Crippen molar-refractivity contribution in [2.75, 3.05) is 0 Å². The van der Waals surface area contributed by atoms with Gasteiger partial charge in [0.1, 0.15) is 5.54 Å². The highest BCUT2D eigenvalue weighted by Crippen LogP contribution is 2.41. The SMILES string of the molecule is CCC1(C(=O)NC(CC)(CC)C(N)=NO)CCCC1. The minimum Gasteiger partial charge on any atom is -0.409 e. The van der Waals surface area contributed by atoms with Crippen LogP contribution in [-0.4, -0.2) is 22.5 Å². The van der Waals surface area contributed by atoms with Crippen LogP contribution in [0.3, 0.4) is 0 Å². The molecule has 0 atom stereocenters. The van der Waals surface area contributed by atoms with Gasteiger partial charge in [-0.25, -0.2) is 0 Å². The molecule has 4 N–H and O–H groups in total. The van der Waals surface area contributed by atoms with Crippen molar-refractivity contribution in [2.45, 2.75) is 71.3 Å². The van der Waals surface area contributed by atoms with Crippen molar-refractivity contribution in [3.05, 3.63) is 0 Å². The zero-order valence-corrected chi connectivity index (χ0v) is 12.3. The number of hydrogen-bond acceptors (Lipinski definition) is 3. The molecular weight excluding hydrogens is 242 g/mol. The van der Waals surface area contributed by atoms with Gasteiger partial charge in [-0.05, 0) is 32.1 Å². The third-order valence-electron chi connectivity index (χ3n) is 4.88. The minimum atomic E-state index is -0.726. The van der Waals surface area contributed by atoms with Crippen molar-refractivity contribution in [1.29, 1.82) is 0 Å². The summed E-state index contributed by atoms with van der Waals surface area (Å²) in [5.74, 6) is 0.151. The maximum Gasteiger partial charge on any atom is 0.227 e. The van der Waals surface area contributed by atoms with Gasteiger partial charge in [0, 0.05) is 5.41 Å². The Labute approximate surface area is 115 Å². The molecule has 1 saturated carbocycles. The molecule has 0 aromatic heterocycles. The van der Waals surface area contributed by atoms with E-state index in [1.807, 2.05) is 13.8 Å². The van der Waals surface area contributed by atoms with Gasteiger partial charge in [-0.15, -0.1) is 0 Å².